The summed E-state index contributed by atoms with van der Waals surface area (Å²) in [7, 11) is 0. The summed E-state index contributed by atoms with van der Waals surface area (Å²) in [6.45, 7) is 2.96. The van der Waals surface area contributed by atoms with Crippen molar-refractivity contribution in [1.29, 1.82) is 0 Å². The number of hydrogen-bond acceptors (Lipinski definition) is 3. The zero-order chi connectivity index (χ0) is 13.6. The summed E-state index contributed by atoms with van der Waals surface area (Å²) in [6.07, 6.45) is 0. The molecule has 1 unspecified atom stereocenters. The van der Waals surface area contributed by atoms with Crippen LogP contribution in [0.2, 0.25) is 0 Å². The summed E-state index contributed by atoms with van der Waals surface area (Å²) < 4.78 is 11.5. The molecule has 0 bridgehead atoms. The number of benzene rings is 2. The number of hydrogen-bond donors (Lipinski definition) is 1. The summed E-state index contributed by atoms with van der Waals surface area (Å²) >= 11 is 0. The van der Waals surface area contributed by atoms with Gasteiger partial charge in [0.1, 0.15) is 12.4 Å². The average Bonchev–Trinajstić information content (AvgIpc) is 2.55. The van der Waals surface area contributed by atoms with Crippen molar-refractivity contribution in [1.82, 2.24) is 5.32 Å². The smallest absolute Gasteiger partial charge is 0.124 e. The maximum Gasteiger partial charge on any atom is 0.124 e. The lowest BCUT2D eigenvalue weighted by Crippen LogP contribution is -2.34. The third-order valence-corrected chi connectivity index (χ3v) is 3.45. The lowest BCUT2D eigenvalue weighted by molar-refractivity contribution is 0.0757. The molecule has 1 saturated heterocycles. The molecule has 1 heterocycles. The van der Waals surface area contributed by atoms with Crippen LogP contribution >= 0.6 is 0 Å². The standard InChI is InChI=1S/C17H19NO2/c1-2-6-14(7-3-1)12-20-17-9-5-4-8-15(17)16-13-19-11-10-18-16/h1-9,16,18H,10-13H2. The van der Waals surface area contributed by atoms with Crippen LogP contribution in [0, 0.1) is 0 Å². The first-order valence-electron chi connectivity index (χ1n) is 7.00. The van der Waals surface area contributed by atoms with Gasteiger partial charge < -0.3 is 14.8 Å². The van der Waals surface area contributed by atoms with Gasteiger partial charge in [-0.05, 0) is 11.6 Å². The SMILES string of the molecule is c1ccc(COc2ccccc2C2COCCN2)cc1. The Hall–Kier alpha value is -1.84. The predicted octanol–water partition coefficient (Wildman–Crippen LogP) is 2.93. The molecule has 1 atom stereocenters. The van der Waals surface area contributed by atoms with Crippen molar-refractivity contribution >= 4 is 0 Å². The highest BCUT2D eigenvalue weighted by Crippen LogP contribution is 2.27. The van der Waals surface area contributed by atoms with Gasteiger partial charge in [0.15, 0.2) is 0 Å². The van der Waals surface area contributed by atoms with Gasteiger partial charge >= 0.3 is 0 Å². The van der Waals surface area contributed by atoms with E-state index in [4.69, 9.17) is 9.47 Å². The molecule has 3 rings (SSSR count). The van der Waals surface area contributed by atoms with E-state index in [1.807, 2.05) is 36.4 Å². The van der Waals surface area contributed by atoms with Crippen molar-refractivity contribution in [2.45, 2.75) is 12.6 Å². The van der Waals surface area contributed by atoms with Crippen LogP contribution in [0.25, 0.3) is 0 Å². The van der Waals surface area contributed by atoms with E-state index in [0.717, 1.165) is 18.9 Å². The van der Waals surface area contributed by atoms with Gasteiger partial charge in [-0.3, -0.25) is 0 Å². The summed E-state index contributed by atoms with van der Waals surface area (Å²) in [5, 5.41) is 3.47. The molecule has 0 aromatic heterocycles. The molecule has 3 heteroatoms. The molecule has 1 aliphatic heterocycles. The molecule has 20 heavy (non-hydrogen) atoms. The van der Waals surface area contributed by atoms with Gasteiger partial charge in [-0.2, -0.15) is 0 Å². The predicted molar refractivity (Wildman–Crippen MR) is 78.8 cm³/mol. The van der Waals surface area contributed by atoms with E-state index < -0.39 is 0 Å². The van der Waals surface area contributed by atoms with Crippen LogP contribution in [-0.2, 0) is 11.3 Å². The molecular weight excluding hydrogens is 250 g/mol. The monoisotopic (exact) mass is 269 g/mol. The Morgan fingerprint density at radius 3 is 2.65 bits per heavy atom. The zero-order valence-electron chi connectivity index (χ0n) is 11.4. The van der Waals surface area contributed by atoms with Gasteiger partial charge in [-0.15, -0.1) is 0 Å². The molecule has 0 saturated carbocycles. The van der Waals surface area contributed by atoms with E-state index in [1.54, 1.807) is 0 Å². The highest BCUT2D eigenvalue weighted by Gasteiger charge is 2.18. The average molecular weight is 269 g/mol. The number of morpholine rings is 1. The summed E-state index contributed by atoms with van der Waals surface area (Å²) in [6, 6.07) is 18.6. The first kappa shape index (κ1) is 13.2. The minimum absolute atomic E-state index is 0.218. The first-order valence-corrected chi connectivity index (χ1v) is 7.00. The number of para-hydroxylation sites is 1. The Kier molecular flexibility index (Phi) is 4.31. The molecule has 1 fully saturated rings. The summed E-state index contributed by atoms with van der Waals surface area (Å²) in [4.78, 5) is 0. The van der Waals surface area contributed by atoms with Crippen LogP contribution in [0.1, 0.15) is 17.2 Å². The van der Waals surface area contributed by atoms with Gasteiger partial charge in [-0.1, -0.05) is 48.5 Å². The minimum Gasteiger partial charge on any atom is -0.489 e. The number of nitrogens with one attached hydrogen (secondary N) is 1. The fraction of sp³-hybridized carbons (Fsp3) is 0.294. The Labute approximate surface area is 119 Å². The topological polar surface area (TPSA) is 30.5 Å². The quantitative estimate of drug-likeness (QED) is 0.925. The number of rotatable bonds is 4. The molecule has 104 valence electrons. The molecule has 1 aliphatic rings. The van der Waals surface area contributed by atoms with Crippen molar-refractivity contribution < 1.29 is 9.47 Å². The highest BCUT2D eigenvalue weighted by atomic mass is 16.5. The van der Waals surface area contributed by atoms with Crippen LogP contribution in [0.15, 0.2) is 54.6 Å². The van der Waals surface area contributed by atoms with Crippen LogP contribution in [0.3, 0.4) is 0 Å². The van der Waals surface area contributed by atoms with Crippen molar-refractivity contribution in [2.75, 3.05) is 19.8 Å². The lowest BCUT2D eigenvalue weighted by atomic mass is 10.1. The largest absolute Gasteiger partial charge is 0.489 e. The maximum absolute atomic E-state index is 5.98. The Morgan fingerprint density at radius 1 is 1.05 bits per heavy atom. The molecule has 0 aliphatic carbocycles. The molecule has 0 radical (unpaired) electrons. The minimum atomic E-state index is 0.218. The van der Waals surface area contributed by atoms with Gasteiger partial charge in [0, 0.05) is 12.1 Å². The fourth-order valence-electron chi connectivity index (χ4n) is 2.40. The van der Waals surface area contributed by atoms with Crippen LogP contribution in [0.4, 0.5) is 0 Å². The van der Waals surface area contributed by atoms with Gasteiger partial charge in [-0.25, -0.2) is 0 Å². The van der Waals surface area contributed by atoms with Crippen LogP contribution in [-0.4, -0.2) is 19.8 Å². The summed E-state index contributed by atoms with van der Waals surface area (Å²) in [5.74, 6) is 0.930. The van der Waals surface area contributed by atoms with E-state index in [0.29, 0.717) is 13.2 Å². The van der Waals surface area contributed by atoms with Crippen molar-refractivity contribution in [2.24, 2.45) is 0 Å². The normalized spacial score (nSPS) is 18.7. The molecule has 0 amide bonds. The molecule has 3 nitrogen and oxygen atoms in total. The first-order chi connectivity index (χ1) is 9.93. The van der Waals surface area contributed by atoms with E-state index in [-0.39, 0.29) is 6.04 Å². The van der Waals surface area contributed by atoms with Gasteiger partial charge in [0.05, 0.1) is 19.3 Å². The molecule has 0 spiro atoms. The zero-order valence-corrected chi connectivity index (χ0v) is 11.4. The molecule has 1 N–H and O–H groups in total. The molecular formula is C17H19NO2. The molecule has 2 aromatic carbocycles. The van der Waals surface area contributed by atoms with Crippen molar-refractivity contribution in [3.63, 3.8) is 0 Å². The van der Waals surface area contributed by atoms with Crippen LogP contribution in [0.5, 0.6) is 5.75 Å². The second kappa shape index (κ2) is 6.55. The highest BCUT2D eigenvalue weighted by molar-refractivity contribution is 5.36. The van der Waals surface area contributed by atoms with Gasteiger partial charge in [0.2, 0.25) is 0 Å². The second-order valence-corrected chi connectivity index (χ2v) is 4.89. The summed E-state index contributed by atoms with van der Waals surface area (Å²) in [5.41, 5.74) is 2.35. The number of ether oxygens (including phenoxy) is 2. The Morgan fingerprint density at radius 2 is 1.85 bits per heavy atom. The van der Waals surface area contributed by atoms with Crippen molar-refractivity contribution in [3.05, 3.63) is 65.7 Å². The van der Waals surface area contributed by atoms with E-state index >= 15 is 0 Å². The van der Waals surface area contributed by atoms with Crippen molar-refractivity contribution in [3.8, 4) is 5.75 Å². The Balaban J connectivity index is 1.72. The Bertz CT molecular complexity index is 536. The van der Waals surface area contributed by atoms with E-state index in [1.165, 1.54) is 11.1 Å². The fourth-order valence-corrected chi connectivity index (χ4v) is 2.40. The maximum atomic E-state index is 5.98. The second-order valence-electron chi connectivity index (χ2n) is 4.89. The molecule has 2 aromatic rings. The van der Waals surface area contributed by atoms with E-state index in [2.05, 4.69) is 23.5 Å². The van der Waals surface area contributed by atoms with Gasteiger partial charge in [0.25, 0.3) is 0 Å². The third-order valence-electron chi connectivity index (χ3n) is 3.45. The third kappa shape index (κ3) is 3.18. The van der Waals surface area contributed by atoms with E-state index in [9.17, 15) is 0 Å². The van der Waals surface area contributed by atoms with Crippen LogP contribution < -0.4 is 10.1 Å². The lowest BCUT2D eigenvalue weighted by Gasteiger charge is -2.25.